The fourth-order valence-electron chi connectivity index (χ4n) is 3.88. The Morgan fingerprint density at radius 2 is 2.00 bits per heavy atom. The third-order valence-electron chi connectivity index (χ3n) is 5.54. The van der Waals surface area contributed by atoms with Crippen LogP contribution in [0.25, 0.3) is 16.9 Å². The fourth-order valence-corrected chi connectivity index (χ4v) is 4.64. The van der Waals surface area contributed by atoms with Crippen molar-refractivity contribution in [1.29, 1.82) is 0 Å². The summed E-state index contributed by atoms with van der Waals surface area (Å²) in [6, 6.07) is 4.99. The molecule has 33 heavy (non-hydrogen) atoms. The number of sulfone groups is 1. The molecule has 1 amide bonds. The van der Waals surface area contributed by atoms with E-state index in [1.54, 1.807) is 22.7 Å². The number of amides is 1. The van der Waals surface area contributed by atoms with Crippen LogP contribution in [-0.2, 0) is 21.0 Å². The number of carboxylic acid groups (broad SMARTS) is 1. The first-order valence-corrected chi connectivity index (χ1v) is 11.7. The number of rotatable bonds is 5. The maximum atomic E-state index is 15.1. The average Bonchev–Trinajstić information content (AvgIpc) is 3.10. The minimum absolute atomic E-state index is 0.0108. The second-order valence-electron chi connectivity index (χ2n) is 7.81. The van der Waals surface area contributed by atoms with Crippen molar-refractivity contribution >= 4 is 21.6 Å². The average molecular weight is 480 g/mol. The van der Waals surface area contributed by atoms with Gasteiger partial charge in [0.15, 0.2) is 9.84 Å². The third-order valence-corrected chi connectivity index (χ3v) is 6.93. The summed E-state index contributed by atoms with van der Waals surface area (Å²) >= 11 is 0. The summed E-state index contributed by atoms with van der Waals surface area (Å²) in [6.07, 6.45) is 0.200. The molecule has 3 aromatic rings. The number of benzene rings is 1. The second-order valence-corrected chi connectivity index (χ2v) is 9.84. The number of ether oxygens (including phenoxy) is 1. The Morgan fingerprint density at radius 3 is 2.64 bits per heavy atom. The van der Waals surface area contributed by atoms with Crippen molar-refractivity contribution < 1.29 is 31.8 Å². The van der Waals surface area contributed by atoms with Crippen molar-refractivity contribution in [3.8, 4) is 11.3 Å². The number of aromatic nitrogens is 2. The Morgan fingerprint density at radius 1 is 1.30 bits per heavy atom. The van der Waals surface area contributed by atoms with E-state index in [0.717, 1.165) is 17.7 Å². The molecule has 0 unspecified atom stereocenters. The summed E-state index contributed by atoms with van der Waals surface area (Å²) in [7, 11) is -4.03. The molecule has 12 heteroatoms. The van der Waals surface area contributed by atoms with Gasteiger partial charge in [-0.15, -0.1) is 0 Å². The van der Waals surface area contributed by atoms with Crippen LogP contribution in [0.5, 0.6) is 0 Å². The monoisotopic (exact) mass is 480 g/mol. The van der Waals surface area contributed by atoms with Crippen molar-refractivity contribution in [2.24, 2.45) is 5.73 Å². The minimum atomic E-state index is -4.03. The summed E-state index contributed by atoms with van der Waals surface area (Å²) in [5, 5.41) is 9.30. The van der Waals surface area contributed by atoms with Crippen molar-refractivity contribution in [3.05, 3.63) is 53.4 Å². The van der Waals surface area contributed by atoms with Crippen molar-refractivity contribution in [2.75, 3.05) is 25.6 Å². The van der Waals surface area contributed by atoms with Crippen LogP contribution in [-0.4, -0.2) is 65.6 Å². The first-order valence-electron chi connectivity index (χ1n) is 10.1. The Hall–Kier alpha value is -3.09. The maximum Gasteiger partial charge on any atom is 0.407 e. The van der Waals surface area contributed by atoms with E-state index in [0.29, 0.717) is 11.3 Å². The number of hydrogen-bond acceptors (Lipinski definition) is 6. The largest absolute Gasteiger partial charge is 0.465 e. The number of carbonyl (C=O) groups is 1. The van der Waals surface area contributed by atoms with Crippen LogP contribution >= 0.6 is 0 Å². The molecule has 1 atom stereocenters. The number of nitrogens with two attached hydrogens (primary N) is 1. The van der Waals surface area contributed by atoms with Crippen LogP contribution < -0.4 is 5.73 Å². The minimum Gasteiger partial charge on any atom is -0.465 e. The molecule has 0 radical (unpaired) electrons. The van der Waals surface area contributed by atoms with Gasteiger partial charge in [0.1, 0.15) is 23.2 Å². The molecule has 4 rings (SSSR count). The van der Waals surface area contributed by atoms with Crippen molar-refractivity contribution in [2.45, 2.75) is 24.3 Å². The quantitative estimate of drug-likeness (QED) is 0.573. The lowest BCUT2D eigenvalue weighted by atomic mass is 10.0. The van der Waals surface area contributed by atoms with Gasteiger partial charge in [0, 0.05) is 19.2 Å². The van der Waals surface area contributed by atoms with Crippen molar-refractivity contribution in [3.63, 3.8) is 0 Å². The van der Waals surface area contributed by atoms with Crippen LogP contribution in [0.2, 0.25) is 0 Å². The molecule has 1 aliphatic heterocycles. The predicted molar refractivity (Wildman–Crippen MR) is 115 cm³/mol. The highest BCUT2D eigenvalue weighted by molar-refractivity contribution is 7.91. The fraction of sp³-hybridized carbons (Fsp3) is 0.333. The molecule has 1 aromatic carbocycles. The van der Waals surface area contributed by atoms with Crippen LogP contribution in [0.4, 0.5) is 13.6 Å². The van der Waals surface area contributed by atoms with Crippen LogP contribution in [0, 0.1) is 18.6 Å². The summed E-state index contributed by atoms with van der Waals surface area (Å²) in [5.41, 5.74) is 6.44. The highest BCUT2D eigenvalue weighted by atomic mass is 32.2. The lowest BCUT2D eigenvalue weighted by Gasteiger charge is -2.31. The van der Waals surface area contributed by atoms with E-state index in [1.165, 1.54) is 4.90 Å². The summed E-state index contributed by atoms with van der Waals surface area (Å²) in [4.78, 5) is 16.4. The Balaban J connectivity index is 1.84. The summed E-state index contributed by atoms with van der Waals surface area (Å²) in [6.45, 7) is 2.35. The molecule has 0 aliphatic carbocycles. The molecule has 0 bridgehead atoms. The Bertz CT molecular complexity index is 1320. The molecule has 1 fully saturated rings. The standard InChI is InChI=1S/C21H22F2N4O5S/c1-12-2-3-27-17(7-13-10-26(21(28)29)4-5-32-13)20(25-18(27)6-12)19-15(22)8-14(9-16(19)23)33(30,31)11-24/h2-3,6,8-9,13H,4-5,7,10-11,24H2,1H3,(H,28,29)/t13-/m0/s1. The molecule has 0 saturated carbocycles. The molecule has 3 heterocycles. The zero-order valence-corrected chi connectivity index (χ0v) is 18.5. The molecular weight excluding hydrogens is 458 g/mol. The zero-order chi connectivity index (χ0) is 23.9. The van der Waals surface area contributed by atoms with Crippen LogP contribution in [0.1, 0.15) is 11.3 Å². The maximum absolute atomic E-state index is 15.1. The molecule has 1 saturated heterocycles. The first-order chi connectivity index (χ1) is 15.6. The molecular formula is C21H22F2N4O5S. The molecule has 2 aromatic heterocycles. The van der Waals surface area contributed by atoms with E-state index < -0.39 is 50.0 Å². The number of nitrogens with zero attached hydrogens (tertiary/aromatic N) is 3. The van der Waals surface area contributed by atoms with E-state index in [9.17, 15) is 18.3 Å². The van der Waals surface area contributed by atoms with Crippen molar-refractivity contribution in [1.82, 2.24) is 14.3 Å². The zero-order valence-electron chi connectivity index (χ0n) is 17.7. The molecule has 9 nitrogen and oxygen atoms in total. The Kier molecular flexibility index (Phi) is 6.08. The van der Waals surface area contributed by atoms with Crippen LogP contribution in [0.15, 0.2) is 35.4 Å². The van der Waals surface area contributed by atoms with Gasteiger partial charge in [-0.25, -0.2) is 27.0 Å². The molecule has 3 N–H and O–H groups in total. The van der Waals surface area contributed by atoms with Gasteiger partial charge in [-0.05, 0) is 36.8 Å². The third kappa shape index (κ3) is 4.41. The van der Waals surface area contributed by atoms with E-state index in [4.69, 9.17) is 10.5 Å². The Labute approximate surface area is 188 Å². The SMILES string of the molecule is Cc1ccn2c(C[C@H]3CN(C(=O)O)CCO3)c(-c3c(F)cc(S(=O)(=O)CN)cc3F)nc2c1. The van der Waals surface area contributed by atoms with Gasteiger partial charge in [-0.3, -0.25) is 0 Å². The van der Waals surface area contributed by atoms with Gasteiger partial charge in [0.2, 0.25) is 0 Å². The highest BCUT2D eigenvalue weighted by Gasteiger charge is 2.29. The van der Waals surface area contributed by atoms with Gasteiger partial charge in [0.05, 0.1) is 41.1 Å². The number of fused-ring (bicyclic) bond motifs is 1. The number of morpholine rings is 1. The van der Waals surface area contributed by atoms with Gasteiger partial charge in [-0.1, -0.05) is 0 Å². The summed E-state index contributed by atoms with van der Waals surface area (Å²) < 4.78 is 61.5. The van der Waals surface area contributed by atoms with E-state index in [-0.39, 0.29) is 31.8 Å². The van der Waals surface area contributed by atoms with E-state index in [1.807, 2.05) is 6.92 Å². The summed E-state index contributed by atoms with van der Waals surface area (Å²) in [5.74, 6) is -2.98. The molecule has 1 aliphatic rings. The number of aryl methyl sites for hydroxylation is 1. The topological polar surface area (TPSA) is 127 Å². The molecule has 0 spiro atoms. The van der Waals surface area contributed by atoms with Gasteiger partial charge >= 0.3 is 6.09 Å². The highest BCUT2D eigenvalue weighted by Crippen LogP contribution is 2.33. The lowest BCUT2D eigenvalue weighted by Crippen LogP contribution is -2.45. The predicted octanol–water partition coefficient (Wildman–Crippen LogP) is 2.20. The van der Waals surface area contributed by atoms with Gasteiger partial charge in [-0.2, -0.15) is 0 Å². The number of halogens is 2. The molecule has 176 valence electrons. The smallest absolute Gasteiger partial charge is 0.407 e. The van der Waals surface area contributed by atoms with Gasteiger partial charge in [0.25, 0.3) is 0 Å². The first kappa shape index (κ1) is 23.1. The van der Waals surface area contributed by atoms with E-state index in [2.05, 4.69) is 4.98 Å². The number of hydrogen-bond donors (Lipinski definition) is 2. The van der Waals surface area contributed by atoms with Gasteiger partial charge < -0.3 is 24.9 Å². The second kappa shape index (κ2) is 8.69. The normalized spacial score (nSPS) is 17.0. The number of pyridine rings is 1. The lowest BCUT2D eigenvalue weighted by molar-refractivity contribution is -0.0214. The van der Waals surface area contributed by atoms with E-state index >= 15 is 8.78 Å². The number of imidazole rings is 1. The van der Waals surface area contributed by atoms with Crippen LogP contribution in [0.3, 0.4) is 0 Å².